The van der Waals surface area contributed by atoms with Gasteiger partial charge in [0.1, 0.15) is 4.64 Å². The van der Waals surface area contributed by atoms with Crippen LogP contribution in [-0.4, -0.2) is 11.2 Å². The third kappa shape index (κ3) is 4.15. The number of nitrogens with zero attached hydrogens (tertiary/aromatic N) is 1. The summed E-state index contributed by atoms with van der Waals surface area (Å²) in [4.78, 5) is 0. The highest BCUT2D eigenvalue weighted by Crippen LogP contribution is 2.17. The fraction of sp³-hybridized carbons (Fsp3) is 0.643. The van der Waals surface area contributed by atoms with E-state index in [1.54, 1.807) is 0 Å². The van der Waals surface area contributed by atoms with Crippen LogP contribution < -0.4 is 4.74 Å². The van der Waals surface area contributed by atoms with Crippen LogP contribution in [0.3, 0.4) is 0 Å². The minimum Gasteiger partial charge on any atom is -0.490 e. The molecule has 0 saturated carbocycles. The molecule has 0 N–H and O–H groups in total. The quantitative estimate of drug-likeness (QED) is 0.524. The first-order valence-electron chi connectivity index (χ1n) is 6.54. The van der Waals surface area contributed by atoms with E-state index in [0.29, 0.717) is 0 Å². The molecule has 0 radical (unpaired) electrons. The van der Waals surface area contributed by atoms with E-state index in [1.807, 2.05) is 6.07 Å². The van der Waals surface area contributed by atoms with Crippen molar-refractivity contribution >= 4 is 12.2 Å². The molecule has 0 fully saturated rings. The van der Waals surface area contributed by atoms with E-state index in [-0.39, 0.29) is 0 Å². The first kappa shape index (κ1) is 14.2. The number of pyridine rings is 1. The van der Waals surface area contributed by atoms with Crippen molar-refractivity contribution in [1.29, 1.82) is 0 Å². The molecule has 0 spiro atoms. The zero-order valence-corrected chi connectivity index (χ0v) is 12.0. The van der Waals surface area contributed by atoms with Gasteiger partial charge in [-0.2, -0.15) is 0 Å². The Kier molecular flexibility index (Phi) is 6.27. The van der Waals surface area contributed by atoms with Gasteiger partial charge in [-0.25, -0.2) is 0 Å². The summed E-state index contributed by atoms with van der Waals surface area (Å²) in [6.07, 6.45) is 4.57. The third-order valence-electron chi connectivity index (χ3n) is 2.85. The van der Waals surface area contributed by atoms with E-state index < -0.39 is 0 Å². The lowest BCUT2D eigenvalue weighted by Crippen LogP contribution is -2.07. The van der Waals surface area contributed by atoms with Crippen LogP contribution in [0.2, 0.25) is 0 Å². The molecule has 96 valence electrons. The molecule has 17 heavy (non-hydrogen) atoms. The van der Waals surface area contributed by atoms with Gasteiger partial charge in [0.15, 0.2) is 5.75 Å². The molecule has 0 aromatic carbocycles. The second kappa shape index (κ2) is 7.49. The molecule has 0 amide bonds. The maximum atomic E-state index is 5.73. The summed E-state index contributed by atoms with van der Waals surface area (Å²) >= 11 is 5.48. The third-order valence-corrected chi connectivity index (χ3v) is 3.27. The average Bonchev–Trinajstić information content (AvgIpc) is 2.32. The smallest absolute Gasteiger partial charge is 0.154 e. The zero-order chi connectivity index (χ0) is 12.7. The Hall–Kier alpha value is -0.830. The Morgan fingerprint density at radius 1 is 1.18 bits per heavy atom. The molecule has 1 heterocycles. The SMILES string of the molecule is CCCCOc1ccc(C)n(CCCC)c1=S. The fourth-order valence-corrected chi connectivity index (χ4v) is 2.04. The van der Waals surface area contributed by atoms with Crippen molar-refractivity contribution in [2.45, 2.75) is 53.0 Å². The van der Waals surface area contributed by atoms with Gasteiger partial charge in [0.25, 0.3) is 0 Å². The molecule has 0 aliphatic rings. The number of hydrogen-bond donors (Lipinski definition) is 0. The second-order valence-electron chi connectivity index (χ2n) is 4.35. The van der Waals surface area contributed by atoms with Crippen LogP contribution in [-0.2, 0) is 6.54 Å². The Bertz CT molecular complexity index is 398. The molecule has 1 rings (SSSR count). The van der Waals surface area contributed by atoms with E-state index >= 15 is 0 Å². The maximum absolute atomic E-state index is 5.73. The van der Waals surface area contributed by atoms with Crippen molar-refractivity contribution < 1.29 is 4.74 Å². The van der Waals surface area contributed by atoms with Gasteiger partial charge >= 0.3 is 0 Å². The minimum absolute atomic E-state index is 0.761. The van der Waals surface area contributed by atoms with E-state index in [1.165, 1.54) is 12.1 Å². The van der Waals surface area contributed by atoms with Crippen molar-refractivity contribution in [1.82, 2.24) is 4.57 Å². The molecule has 0 aliphatic heterocycles. The largest absolute Gasteiger partial charge is 0.490 e. The van der Waals surface area contributed by atoms with Crippen molar-refractivity contribution in [2.24, 2.45) is 0 Å². The first-order valence-corrected chi connectivity index (χ1v) is 6.94. The topological polar surface area (TPSA) is 14.2 Å². The van der Waals surface area contributed by atoms with Gasteiger partial charge in [-0.15, -0.1) is 0 Å². The lowest BCUT2D eigenvalue weighted by atomic mass is 10.3. The molecule has 1 aromatic rings. The molecule has 0 atom stereocenters. The van der Waals surface area contributed by atoms with Crippen LogP contribution in [0.5, 0.6) is 5.75 Å². The molecule has 0 unspecified atom stereocenters. The normalized spacial score (nSPS) is 10.5. The van der Waals surface area contributed by atoms with Gasteiger partial charge in [0.05, 0.1) is 6.61 Å². The number of aromatic nitrogens is 1. The summed E-state index contributed by atoms with van der Waals surface area (Å²) in [7, 11) is 0. The maximum Gasteiger partial charge on any atom is 0.154 e. The molecule has 2 nitrogen and oxygen atoms in total. The summed E-state index contributed by atoms with van der Waals surface area (Å²) in [6.45, 7) is 8.21. The Morgan fingerprint density at radius 3 is 2.53 bits per heavy atom. The highest BCUT2D eigenvalue weighted by molar-refractivity contribution is 7.71. The van der Waals surface area contributed by atoms with Gasteiger partial charge in [-0.1, -0.05) is 38.9 Å². The Labute approximate surface area is 110 Å². The summed E-state index contributed by atoms with van der Waals surface area (Å²) in [5.74, 6) is 0.857. The van der Waals surface area contributed by atoms with E-state index in [4.69, 9.17) is 17.0 Å². The van der Waals surface area contributed by atoms with Crippen LogP contribution in [0, 0.1) is 11.6 Å². The predicted octanol–water partition coefficient (Wildman–Crippen LogP) is 4.51. The fourth-order valence-electron chi connectivity index (χ4n) is 1.68. The van der Waals surface area contributed by atoms with Crippen molar-refractivity contribution in [2.75, 3.05) is 6.61 Å². The number of hydrogen-bond acceptors (Lipinski definition) is 2. The molecule has 0 bridgehead atoms. The van der Waals surface area contributed by atoms with Gasteiger partial charge in [-0.05, 0) is 31.9 Å². The highest BCUT2D eigenvalue weighted by atomic mass is 32.1. The van der Waals surface area contributed by atoms with Crippen LogP contribution >= 0.6 is 12.2 Å². The van der Waals surface area contributed by atoms with Crippen LogP contribution in [0.15, 0.2) is 12.1 Å². The monoisotopic (exact) mass is 253 g/mol. The molecular weight excluding hydrogens is 230 g/mol. The van der Waals surface area contributed by atoms with Crippen LogP contribution in [0.1, 0.15) is 45.2 Å². The minimum atomic E-state index is 0.761. The second-order valence-corrected chi connectivity index (χ2v) is 4.74. The number of aryl methyl sites for hydroxylation is 1. The van der Waals surface area contributed by atoms with E-state index in [2.05, 4.69) is 31.4 Å². The van der Waals surface area contributed by atoms with Gasteiger partial charge in [0, 0.05) is 12.2 Å². The summed E-state index contributed by atoms with van der Waals surface area (Å²) in [6, 6.07) is 4.09. The summed E-state index contributed by atoms with van der Waals surface area (Å²) < 4.78 is 8.75. The molecule has 0 saturated heterocycles. The average molecular weight is 253 g/mol. The molecule has 0 aliphatic carbocycles. The predicted molar refractivity (Wildman–Crippen MR) is 75.3 cm³/mol. The Balaban J connectivity index is 2.82. The van der Waals surface area contributed by atoms with Crippen molar-refractivity contribution in [3.8, 4) is 5.75 Å². The molecule has 3 heteroatoms. The van der Waals surface area contributed by atoms with Crippen LogP contribution in [0.25, 0.3) is 0 Å². The number of rotatable bonds is 7. The highest BCUT2D eigenvalue weighted by Gasteiger charge is 2.03. The van der Waals surface area contributed by atoms with Crippen LogP contribution in [0.4, 0.5) is 0 Å². The number of unbranched alkanes of at least 4 members (excludes halogenated alkanes) is 2. The lowest BCUT2D eigenvalue weighted by Gasteiger charge is -2.14. The summed E-state index contributed by atoms with van der Waals surface area (Å²) in [5, 5.41) is 0. The van der Waals surface area contributed by atoms with Gasteiger partial charge in [0.2, 0.25) is 0 Å². The van der Waals surface area contributed by atoms with E-state index in [9.17, 15) is 0 Å². The molecular formula is C14H23NOS. The molecule has 1 aromatic heterocycles. The first-order chi connectivity index (χ1) is 8.20. The van der Waals surface area contributed by atoms with Gasteiger partial charge < -0.3 is 9.30 Å². The van der Waals surface area contributed by atoms with Crippen molar-refractivity contribution in [3.05, 3.63) is 22.5 Å². The Morgan fingerprint density at radius 2 is 1.88 bits per heavy atom. The standard InChI is InChI=1S/C14H23NOS/c1-4-6-10-15-12(3)8-9-13(14(15)17)16-11-7-5-2/h8-9H,4-7,10-11H2,1-3H3. The van der Waals surface area contributed by atoms with Gasteiger partial charge in [-0.3, -0.25) is 0 Å². The lowest BCUT2D eigenvalue weighted by molar-refractivity contribution is 0.304. The van der Waals surface area contributed by atoms with Crippen molar-refractivity contribution in [3.63, 3.8) is 0 Å². The zero-order valence-electron chi connectivity index (χ0n) is 11.2. The van der Waals surface area contributed by atoms with E-state index in [0.717, 1.165) is 42.8 Å². The number of ether oxygens (including phenoxy) is 1. The summed E-state index contributed by atoms with van der Waals surface area (Å²) in [5.41, 5.74) is 1.21.